The molecule has 8 heteroatoms. The van der Waals surface area contributed by atoms with E-state index in [0.29, 0.717) is 5.69 Å². The fourth-order valence-electron chi connectivity index (χ4n) is 2.68. The lowest BCUT2D eigenvalue weighted by Gasteiger charge is -2.24. The molecule has 4 nitrogen and oxygen atoms in total. The van der Waals surface area contributed by atoms with E-state index in [0.717, 1.165) is 42.9 Å². The zero-order valence-electron chi connectivity index (χ0n) is 13.4. The molecule has 3 rings (SSSR count). The molecular formula is C17H17ClF3N3O. The summed E-state index contributed by atoms with van der Waals surface area (Å²) in [5, 5.41) is 2.61. The number of halogens is 4. The molecule has 0 aliphatic carbocycles. The number of likely N-dealkylation sites (N-methyl/N-ethyl adjacent to an activating group) is 1. The highest BCUT2D eigenvalue weighted by atomic mass is 35.5. The van der Waals surface area contributed by atoms with Gasteiger partial charge in [-0.3, -0.25) is 9.78 Å². The number of aromatic nitrogens is 1. The molecule has 1 amide bonds. The van der Waals surface area contributed by atoms with Crippen molar-refractivity contribution in [1.29, 1.82) is 0 Å². The predicted octanol–water partition coefficient (Wildman–Crippen LogP) is 3.76. The van der Waals surface area contributed by atoms with Crippen LogP contribution in [0.4, 0.5) is 18.9 Å². The lowest BCUT2D eigenvalue weighted by Crippen LogP contribution is -2.27. The molecule has 134 valence electrons. The number of hydrogen-bond acceptors (Lipinski definition) is 3. The van der Waals surface area contributed by atoms with E-state index in [4.69, 9.17) is 0 Å². The molecule has 1 aliphatic heterocycles. The van der Waals surface area contributed by atoms with Crippen LogP contribution >= 0.6 is 12.4 Å². The first-order valence-corrected chi connectivity index (χ1v) is 7.48. The average molecular weight is 372 g/mol. The molecular weight excluding hydrogens is 355 g/mol. The van der Waals surface area contributed by atoms with Crippen molar-refractivity contribution >= 4 is 24.0 Å². The van der Waals surface area contributed by atoms with Gasteiger partial charge in [0.25, 0.3) is 5.91 Å². The first-order chi connectivity index (χ1) is 11.3. The summed E-state index contributed by atoms with van der Waals surface area (Å²) in [5.74, 6) is -0.591. The minimum atomic E-state index is -4.48. The van der Waals surface area contributed by atoms with E-state index < -0.39 is 17.6 Å². The summed E-state index contributed by atoms with van der Waals surface area (Å²) >= 11 is 0. The maximum atomic E-state index is 12.7. The summed E-state index contributed by atoms with van der Waals surface area (Å²) < 4.78 is 38.2. The molecule has 1 N–H and O–H groups in total. The van der Waals surface area contributed by atoms with E-state index in [9.17, 15) is 18.0 Å². The van der Waals surface area contributed by atoms with Crippen molar-refractivity contribution in [3.8, 4) is 0 Å². The van der Waals surface area contributed by atoms with E-state index >= 15 is 0 Å². The minimum absolute atomic E-state index is 0. The van der Waals surface area contributed by atoms with Gasteiger partial charge in [0.2, 0.25) is 0 Å². The van der Waals surface area contributed by atoms with Crippen LogP contribution in [0, 0.1) is 0 Å². The zero-order chi connectivity index (χ0) is 17.3. The van der Waals surface area contributed by atoms with Crippen LogP contribution in [0.2, 0.25) is 0 Å². The molecule has 0 saturated heterocycles. The lowest BCUT2D eigenvalue weighted by molar-refractivity contribution is -0.137. The van der Waals surface area contributed by atoms with Crippen molar-refractivity contribution in [2.24, 2.45) is 0 Å². The third-order valence-electron chi connectivity index (χ3n) is 3.94. The number of hydrogen-bond donors (Lipinski definition) is 1. The summed E-state index contributed by atoms with van der Waals surface area (Å²) in [5.41, 5.74) is 1.60. The number of rotatable bonds is 2. The van der Waals surface area contributed by atoms with E-state index in [1.165, 1.54) is 18.3 Å². The van der Waals surface area contributed by atoms with Gasteiger partial charge >= 0.3 is 6.18 Å². The van der Waals surface area contributed by atoms with E-state index in [1.807, 2.05) is 13.1 Å². The SMILES string of the molecule is CN1CCc2ncc(NC(=O)c3cccc(C(F)(F)F)c3)cc2C1.Cl. The molecule has 0 spiro atoms. The van der Waals surface area contributed by atoms with Crippen molar-refractivity contribution in [2.45, 2.75) is 19.1 Å². The van der Waals surface area contributed by atoms with Gasteiger partial charge in [-0.25, -0.2) is 0 Å². The third kappa shape index (κ3) is 4.49. The Labute approximate surface area is 149 Å². The van der Waals surface area contributed by atoms with Crippen molar-refractivity contribution in [1.82, 2.24) is 9.88 Å². The van der Waals surface area contributed by atoms with Gasteiger partial charge in [0, 0.05) is 30.8 Å². The molecule has 2 heterocycles. The van der Waals surface area contributed by atoms with Gasteiger partial charge in [-0.15, -0.1) is 12.4 Å². The Morgan fingerprint density at radius 2 is 2.04 bits per heavy atom. The van der Waals surface area contributed by atoms with Crippen molar-refractivity contribution in [3.63, 3.8) is 0 Å². The second-order valence-corrected chi connectivity index (χ2v) is 5.85. The molecule has 0 atom stereocenters. The number of amides is 1. The normalized spacial score (nSPS) is 14.4. The number of carbonyl (C=O) groups excluding carboxylic acids is 1. The third-order valence-corrected chi connectivity index (χ3v) is 3.94. The molecule has 0 radical (unpaired) electrons. The van der Waals surface area contributed by atoms with Gasteiger partial charge in [0.15, 0.2) is 0 Å². The Morgan fingerprint density at radius 3 is 2.76 bits per heavy atom. The highest BCUT2D eigenvalue weighted by molar-refractivity contribution is 6.04. The first-order valence-electron chi connectivity index (χ1n) is 7.48. The van der Waals surface area contributed by atoms with Crippen LogP contribution < -0.4 is 5.32 Å². The van der Waals surface area contributed by atoms with Gasteiger partial charge in [-0.2, -0.15) is 13.2 Å². The van der Waals surface area contributed by atoms with Crippen molar-refractivity contribution in [3.05, 3.63) is 58.9 Å². The average Bonchev–Trinajstić information content (AvgIpc) is 2.54. The van der Waals surface area contributed by atoms with Crippen molar-refractivity contribution < 1.29 is 18.0 Å². The Kier molecular flexibility index (Phi) is 5.69. The number of benzene rings is 1. The van der Waals surface area contributed by atoms with Crippen LogP contribution in [0.1, 0.15) is 27.2 Å². The summed E-state index contributed by atoms with van der Waals surface area (Å²) in [4.78, 5) is 18.7. The van der Waals surface area contributed by atoms with Gasteiger partial charge in [-0.05, 0) is 36.9 Å². The van der Waals surface area contributed by atoms with Crippen LogP contribution in [0.15, 0.2) is 36.5 Å². The van der Waals surface area contributed by atoms with Gasteiger partial charge in [0.05, 0.1) is 17.4 Å². The first kappa shape index (κ1) is 19.2. The quantitative estimate of drug-likeness (QED) is 0.874. The van der Waals surface area contributed by atoms with Gasteiger partial charge in [0.1, 0.15) is 0 Å². The van der Waals surface area contributed by atoms with Crippen LogP contribution in [0.3, 0.4) is 0 Å². The van der Waals surface area contributed by atoms with Crippen LogP contribution in [-0.2, 0) is 19.1 Å². The highest BCUT2D eigenvalue weighted by Gasteiger charge is 2.30. The molecule has 0 fully saturated rings. The monoisotopic (exact) mass is 371 g/mol. The molecule has 1 aliphatic rings. The number of alkyl halides is 3. The molecule has 25 heavy (non-hydrogen) atoms. The standard InChI is InChI=1S/C17H16F3N3O.ClH/c1-23-6-5-15-12(10-23)8-14(9-21-15)22-16(24)11-3-2-4-13(7-11)17(18,19)20;/h2-4,7-9H,5-6,10H2,1H3,(H,22,24);1H. The number of fused-ring (bicyclic) bond motifs is 1. The minimum Gasteiger partial charge on any atom is -0.321 e. The Bertz CT molecular complexity index is 780. The fraction of sp³-hybridized carbons (Fsp3) is 0.294. The van der Waals surface area contributed by atoms with Crippen LogP contribution in [0.5, 0.6) is 0 Å². The molecule has 0 unspecified atom stereocenters. The summed E-state index contributed by atoms with van der Waals surface area (Å²) in [6, 6.07) is 6.17. The van der Waals surface area contributed by atoms with E-state index in [1.54, 1.807) is 0 Å². The topological polar surface area (TPSA) is 45.2 Å². The van der Waals surface area contributed by atoms with Gasteiger partial charge in [-0.1, -0.05) is 6.07 Å². The Morgan fingerprint density at radius 1 is 1.28 bits per heavy atom. The molecule has 1 aromatic carbocycles. The van der Waals surface area contributed by atoms with E-state index in [2.05, 4.69) is 15.2 Å². The second-order valence-electron chi connectivity index (χ2n) is 5.85. The Hall–Kier alpha value is -2.12. The largest absolute Gasteiger partial charge is 0.416 e. The van der Waals surface area contributed by atoms with Crippen molar-refractivity contribution in [2.75, 3.05) is 18.9 Å². The smallest absolute Gasteiger partial charge is 0.321 e. The lowest BCUT2D eigenvalue weighted by atomic mass is 10.1. The number of pyridine rings is 1. The maximum absolute atomic E-state index is 12.7. The number of nitrogens with zero attached hydrogens (tertiary/aromatic N) is 2. The molecule has 1 aromatic heterocycles. The number of carbonyl (C=O) groups is 1. The number of anilines is 1. The summed E-state index contributed by atoms with van der Waals surface area (Å²) in [6.45, 7) is 1.66. The van der Waals surface area contributed by atoms with E-state index in [-0.39, 0.29) is 18.0 Å². The molecule has 0 bridgehead atoms. The molecule has 2 aromatic rings. The second kappa shape index (κ2) is 7.41. The van der Waals surface area contributed by atoms with Crippen LogP contribution in [-0.4, -0.2) is 29.4 Å². The predicted molar refractivity (Wildman–Crippen MR) is 90.9 cm³/mol. The van der Waals surface area contributed by atoms with Crippen LogP contribution in [0.25, 0.3) is 0 Å². The Balaban J connectivity index is 0.00000225. The summed E-state index contributed by atoms with van der Waals surface area (Å²) in [7, 11) is 2.00. The van der Waals surface area contributed by atoms with Gasteiger partial charge < -0.3 is 10.2 Å². The fourth-order valence-corrected chi connectivity index (χ4v) is 2.68. The highest BCUT2D eigenvalue weighted by Crippen LogP contribution is 2.29. The maximum Gasteiger partial charge on any atom is 0.416 e. The number of nitrogens with one attached hydrogen (secondary N) is 1. The molecule has 0 saturated carbocycles. The summed E-state index contributed by atoms with van der Waals surface area (Å²) in [6.07, 6.45) is -2.10. The zero-order valence-corrected chi connectivity index (χ0v) is 14.2.